The van der Waals surface area contributed by atoms with E-state index >= 15 is 0 Å². The first-order valence-corrected chi connectivity index (χ1v) is 12.4. The second-order valence-electron chi connectivity index (χ2n) is 9.41. The summed E-state index contributed by atoms with van der Waals surface area (Å²) in [6.45, 7) is 7.99. The average Bonchev–Trinajstić information content (AvgIpc) is 2.88. The first-order valence-electron chi connectivity index (χ1n) is 12.4. The Kier molecular flexibility index (Phi) is 7.76. The molecule has 4 rings (SSSR count). The molecule has 0 saturated heterocycles. The van der Waals surface area contributed by atoms with Gasteiger partial charge in [-0.25, -0.2) is 0 Å². The largest absolute Gasteiger partial charge is 0.493 e. The van der Waals surface area contributed by atoms with E-state index in [1.54, 1.807) is 14.2 Å². The van der Waals surface area contributed by atoms with Gasteiger partial charge in [-0.05, 0) is 67.6 Å². The number of ether oxygens (including phenoxy) is 2. The molecule has 3 aromatic rings. The third-order valence-corrected chi connectivity index (χ3v) is 6.98. The van der Waals surface area contributed by atoms with Crippen LogP contribution in [0.3, 0.4) is 0 Å². The zero-order valence-corrected chi connectivity index (χ0v) is 21.4. The van der Waals surface area contributed by atoms with Crippen LogP contribution in [0.2, 0.25) is 0 Å². The fourth-order valence-electron chi connectivity index (χ4n) is 4.97. The lowest BCUT2D eigenvalue weighted by atomic mass is 9.86. The summed E-state index contributed by atoms with van der Waals surface area (Å²) in [7, 11) is 3.34. The summed E-state index contributed by atoms with van der Waals surface area (Å²) in [5, 5.41) is 3.35. The molecule has 1 aliphatic rings. The Morgan fingerprint density at radius 1 is 0.971 bits per heavy atom. The average molecular weight is 473 g/mol. The second-order valence-corrected chi connectivity index (χ2v) is 9.41. The van der Waals surface area contributed by atoms with Crippen LogP contribution in [0.5, 0.6) is 11.5 Å². The Bertz CT molecular complexity index is 1160. The third kappa shape index (κ3) is 5.51. The molecule has 0 aromatic heterocycles. The van der Waals surface area contributed by atoms with Crippen molar-refractivity contribution in [3.8, 4) is 11.5 Å². The number of hydrogen-bond donors (Lipinski definition) is 1. The molecule has 0 aliphatic carbocycles. The summed E-state index contributed by atoms with van der Waals surface area (Å²) in [6.07, 6.45) is 1.72. The highest BCUT2D eigenvalue weighted by Crippen LogP contribution is 2.40. The monoisotopic (exact) mass is 472 g/mol. The SMILES string of the molecule is CCC(NC(=O)c1ccc(C)cc1)C1c2cc(OC)c(OC)cc2CCN1Cc1ccc(C)cc1. The zero-order chi connectivity index (χ0) is 24.9. The summed E-state index contributed by atoms with van der Waals surface area (Å²) < 4.78 is 11.2. The number of hydrogen-bond acceptors (Lipinski definition) is 4. The van der Waals surface area contributed by atoms with Crippen molar-refractivity contribution in [3.05, 3.63) is 94.0 Å². The summed E-state index contributed by atoms with van der Waals surface area (Å²) in [4.78, 5) is 15.7. The van der Waals surface area contributed by atoms with Crippen LogP contribution in [0.1, 0.15) is 57.6 Å². The van der Waals surface area contributed by atoms with Crippen molar-refractivity contribution in [2.75, 3.05) is 20.8 Å². The van der Waals surface area contributed by atoms with E-state index in [2.05, 4.69) is 60.5 Å². The summed E-state index contributed by atoms with van der Waals surface area (Å²) >= 11 is 0. The molecule has 35 heavy (non-hydrogen) atoms. The number of fused-ring (bicyclic) bond motifs is 1. The van der Waals surface area contributed by atoms with E-state index in [0.717, 1.165) is 37.2 Å². The molecule has 1 heterocycles. The van der Waals surface area contributed by atoms with Gasteiger partial charge in [0.15, 0.2) is 11.5 Å². The topological polar surface area (TPSA) is 50.8 Å². The highest BCUT2D eigenvalue weighted by atomic mass is 16.5. The molecular weight excluding hydrogens is 436 g/mol. The van der Waals surface area contributed by atoms with Crippen LogP contribution in [-0.4, -0.2) is 37.6 Å². The molecule has 0 saturated carbocycles. The number of benzene rings is 3. The Labute approximate surface area is 209 Å². The van der Waals surface area contributed by atoms with Gasteiger partial charge in [0.1, 0.15) is 0 Å². The molecule has 1 aliphatic heterocycles. The molecule has 2 unspecified atom stereocenters. The van der Waals surface area contributed by atoms with E-state index in [4.69, 9.17) is 9.47 Å². The van der Waals surface area contributed by atoms with E-state index in [-0.39, 0.29) is 18.0 Å². The Hall–Kier alpha value is -3.31. The van der Waals surface area contributed by atoms with Crippen LogP contribution in [-0.2, 0) is 13.0 Å². The molecular formula is C30H36N2O3. The first-order chi connectivity index (χ1) is 16.9. The van der Waals surface area contributed by atoms with E-state index in [9.17, 15) is 4.79 Å². The van der Waals surface area contributed by atoms with Crippen LogP contribution in [0.4, 0.5) is 0 Å². The number of rotatable bonds is 8. The molecule has 2 atom stereocenters. The Balaban J connectivity index is 1.71. The van der Waals surface area contributed by atoms with Gasteiger partial charge >= 0.3 is 0 Å². The lowest BCUT2D eigenvalue weighted by Crippen LogP contribution is -2.48. The van der Waals surface area contributed by atoms with Crippen LogP contribution in [0.25, 0.3) is 0 Å². The highest BCUT2D eigenvalue weighted by Gasteiger charge is 2.35. The lowest BCUT2D eigenvalue weighted by Gasteiger charge is -2.42. The summed E-state index contributed by atoms with van der Waals surface area (Å²) in [5.41, 5.74) is 6.78. The van der Waals surface area contributed by atoms with Gasteiger partial charge in [-0.15, -0.1) is 0 Å². The van der Waals surface area contributed by atoms with E-state index in [0.29, 0.717) is 11.3 Å². The van der Waals surface area contributed by atoms with E-state index in [1.807, 2.05) is 31.2 Å². The van der Waals surface area contributed by atoms with Crippen molar-refractivity contribution >= 4 is 5.91 Å². The number of amides is 1. The van der Waals surface area contributed by atoms with Gasteiger partial charge in [-0.2, -0.15) is 0 Å². The minimum Gasteiger partial charge on any atom is -0.493 e. The molecule has 0 radical (unpaired) electrons. The molecule has 3 aromatic carbocycles. The fraction of sp³-hybridized carbons (Fsp3) is 0.367. The normalized spacial score (nSPS) is 16.3. The minimum absolute atomic E-state index is 0.0132. The molecule has 0 spiro atoms. The van der Waals surface area contributed by atoms with Crippen molar-refractivity contribution < 1.29 is 14.3 Å². The highest BCUT2D eigenvalue weighted by molar-refractivity contribution is 5.94. The Morgan fingerprint density at radius 2 is 1.57 bits per heavy atom. The molecule has 1 N–H and O–H groups in total. The van der Waals surface area contributed by atoms with Gasteiger partial charge in [0.25, 0.3) is 5.91 Å². The standard InChI is InChI=1S/C30H36N2O3/c1-6-26(31-30(33)23-13-9-21(3)10-14-23)29-25-18-28(35-5)27(34-4)17-24(25)15-16-32(29)19-22-11-7-20(2)8-12-22/h7-14,17-18,26,29H,6,15-16,19H2,1-5H3,(H,31,33). The van der Waals surface area contributed by atoms with Crippen LogP contribution < -0.4 is 14.8 Å². The first kappa shape index (κ1) is 24.8. The lowest BCUT2D eigenvalue weighted by molar-refractivity contribution is 0.0859. The van der Waals surface area contributed by atoms with Gasteiger partial charge in [-0.1, -0.05) is 54.4 Å². The quantitative estimate of drug-likeness (QED) is 0.462. The van der Waals surface area contributed by atoms with E-state index < -0.39 is 0 Å². The number of nitrogens with zero attached hydrogens (tertiary/aromatic N) is 1. The van der Waals surface area contributed by atoms with Crippen molar-refractivity contribution in [1.82, 2.24) is 10.2 Å². The van der Waals surface area contributed by atoms with Gasteiger partial charge in [0.05, 0.1) is 20.3 Å². The predicted molar refractivity (Wildman–Crippen MR) is 140 cm³/mol. The number of methoxy groups -OCH3 is 2. The maximum Gasteiger partial charge on any atom is 0.251 e. The molecule has 0 fully saturated rings. The number of carbonyl (C=O) groups excluding carboxylic acids is 1. The Morgan fingerprint density at radius 3 is 2.17 bits per heavy atom. The molecule has 5 heteroatoms. The van der Waals surface area contributed by atoms with Gasteiger partial charge < -0.3 is 14.8 Å². The van der Waals surface area contributed by atoms with Crippen LogP contribution in [0, 0.1) is 13.8 Å². The zero-order valence-electron chi connectivity index (χ0n) is 21.4. The van der Waals surface area contributed by atoms with Crippen LogP contribution in [0.15, 0.2) is 60.7 Å². The predicted octanol–water partition coefficient (Wildman–Crippen LogP) is 5.63. The molecule has 1 amide bonds. The molecule has 184 valence electrons. The maximum absolute atomic E-state index is 13.2. The van der Waals surface area contributed by atoms with E-state index in [1.165, 1.54) is 22.3 Å². The van der Waals surface area contributed by atoms with Gasteiger partial charge in [0, 0.05) is 24.7 Å². The van der Waals surface area contributed by atoms with Gasteiger partial charge in [-0.3, -0.25) is 9.69 Å². The van der Waals surface area contributed by atoms with Crippen molar-refractivity contribution in [2.45, 2.75) is 52.2 Å². The minimum atomic E-state index is -0.0635. The number of nitrogens with one attached hydrogen (secondary N) is 1. The van der Waals surface area contributed by atoms with Gasteiger partial charge in [0.2, 0.25) is 0 Å². The van der Waals surface area contributed by atoms with Crippen LogP contribution >= 0.6 is 0 Å². The molecule has 5 nitrogen and oxygen atoms in total. The smallest absolute Gasteiger partial charge is 0.251 e. The number of carbonyl (C=O) groups is 1. The van der Waals surface area contributed by atoms with Crippen molar-refractivity contribution in [2.24, 2.45) is 0 Å². The maximum atomic E-state index is 13.2. The van der Waals surface area contributed by atoms with Crippen molar-refractivity contribution in [3.63, 3.8) is 0 Å². The third-order valence-electron chi connectivity index (χ3n) is 6.98. The number of aryl methyl sites for hydroxylation is 2. The second kappa shape index (κ2) is 11.0. The summed E-state index contributed by atoms with van der Waals surface area (Å²) in [6, 6.07) is 20.6. The van der Waals surface area contributed by atoms with Crippen molar-refractivity contribution in [1.29, 1.82) is 0 Å². The molecule has 0 bridgehead atoms. The fourth-order valence-corrected chi connectivity index (χ4v) is 4.97. The summed E-state index contributed by atoms with van der Waals surface area (Å²) in [5.74, 6) is 1.42.